The van der Waals surface area contributed by atoms with E-state index in [1.165, 1.54) is 0 Å². The van der Waals surface area contributed by atoms with Crippen molar-refractivity contribution < 1.29 is 4.39 Å². The number of nitrogens with two attached hydrogens (primary N) is 1. The van der Waals surface area contributed by atoms with Crippen LogP contribution in [-0.2, 0) is 5.54 Å². The molecule has 2 rings (SSSR count). The fraction of sp³-hybridized carbons (Fsp3) is 0.538. The number of hydrogen-bond donors (Lipinski definition) is 1. The monoisotopic (exact) mass is 207 g/mol. The Hall–Kier alpha value is -0.890. The third kappa shape index (κ3) is 1.78. The summed E-state index contributed by atoms with van der Waals surface area (Å²) in [5, 5.41) is 0. The SMILES string of the molecule is Cc1cc(F)c(C2(N)CCCC2)cc1C. The van der Waals surface area contributed by atoms with E-state index in [0.717, 1.165) is 36.8 Å². The molecule has 0 saturated heterocycles. The van der Waals surface area contributed by atoms with Crippen LogP contribution in [0.15, 0.2) is 12.1 Å². The summed E-state index contributed by atoms with van der Waals surface area (Å²) in [5.41, 5.74) is 8.68. The van der Waals surface area contributed by atoms with Crippen LogP contribution in [-0.4, -0.2) is 0 Å². The first-order valence-corrected chi connectivity index (χ1v) is 5.59. The standard InChI is InChI=1S/C13H18FN/c1-9-7-11(12(14)8-10(9)2)13(15)5-3-4-6-13/h7-8H,3-6,15H2,1-2H3. The highest BCUT2D eigenvalue weighted by molar-refractivity contribution is 5.36. The van der Waals surface area contributed by atoms with E-state index >= 15 is 0 Å². The van der Waals surface area contributed by atoms with Gasteiger partial charge in [-0.25, -0.2) is 4.39 Å². The van der Waals surface area contributed by atoms with Gasteiger partial charge in [-0.2, -0.15) is 0 Å². The highest BCUT2D eigenvalue weighted by Crippen LogP contribution is 2.38. The Bertz CT molecular complexity index is 378. The van der Waals surface area contributed by atoms with Crippen molar-refractivity contribution in [3.63, 3.8) is 0 Å². The van der Waals surface area contributed by atoms with E-state index in [1.54, 1.807) is 6.07 Å². The maximum Gasteiger partial charge on any atom is 0.128 e. The third-order valence-corrected chi connectivity index (χ3v) is 3.62. The Kier molecular flexibility index (Phi) is 2.55. The molecule has 82 valence electrons. The summed E-state index contributed by atoms with van der Waals surface area (Å²) < 4.78 is 13.8. The summed E-state index contributed by atoms with van der Waals surface area (Å²) in [4.78, 5) is 0. The molecule has 1 saturated carbocycles. The van der Waals surface area contributed by atoms with Gasteiger partial charge in [0.1, 0.15) is 5.82 Å². The van der Waals surface area contributed by atoms with Gasteiger partial charge in [-0.05, 0) is 43.9 Å². The van der Waals surface area contributed by atoms with Gasteiger partial charge in [0.15, 0.2) is 0 Å². The third-order valence-electron chi connectivity index (χ3n) is 3.62. The summed E-state index contributed by atoms with van der Waals surface area (Å²) in [5.74, 6) is -0.137. The van der Waals surface area contributed by atoms with Crippen molar-refractivity contribution >= 4 is 0 Å². The summed E-state index contributed by atoms with van der Waals surface area (Å²) in [6, 6.07) is 3.54. The Morgan fingerprint density at radius 3 is 2.27 bits per heavy atom. The second-order valence-electron chi connectivity index (χ2n) is 4.78. The van der Waals surface area contributed by atoms with Gasteiger partial charge in [0.2, 0.25) is 0 Å². The van der Waals surface area contributed by atoms with Crippen LogP contribution in [0.1, 0.15) is 42.4 Å². The van der Waals surface area contributed by atoms with E-state index in [2.05, 4.69) is 0 Å². The van der Waals surface area contributed by atoms with Crippen LogP contribution < -0.4 is 5.73 Å². The topological polar surface area (TPSA) is 26.0 Å². The van der Waals surface area contributed by atoms with Crippen molar-refractivity contribution in [2.45, 2.75) is 45.1 Å². The Morgan fingerprint density at radius 2 is 1.67 bits per heavy atom. The molecule has 2 N–H and O–H groups in total. The van der Waals surface area contributed by atoms with Crippen LogP contribution in [0, 0.1) is 19.7 Å². The zero-order chi connectivity index (χ0) is 11.1. The average molecular weight is 207 g/mol. The first-order valence-electron chi connectivity index (χ1n) is 5.59. The number of aryl methyl sites for hydroxylation is 2. The zero-order valence-electron chi connectivity index (χ0n) is 9.44. The molecule has 1 fully saturated rings. The van der Waals surface area contributed by atoms with Crippen molar-refractivity contribution in [2.75, 3.05) is 0 Å². The second kappa shape index (κ2) is 3.60. The van der Waals surface area contributed by atoms with E-state index in [0.29, 0.717) is 5.56 Å². The molecule has 0 aliphatic heterocycles. The summed E-state index contributed by atoms with van der Waals surface area (Å²) in [7, 11) is 0. The molecular formula is C13H18FN. The molecule has 0 radical (unpaired) electrons. The Labute approximate surface area is 90.5 Å². The smallest absolute Gasteiger partial charge is 0.128 e. The van der Waals surface area contributed by atoms with E-state index < -0.39 is 5.54 Å². The molecule has 2 heteroatoms. The van der Waals surface area contributed by atoms with Crippen LogP contribution in [0.3, 0.4) is 0 Å². The molecular weight excluding hydrogens is 189 g/mol. The fourth-order valence-electron chi connectivity index (χ4n) is 2.44. The zero-order valence-corrected chi connectivity index (χ0v) is 9.44. The van der Waals surface area contributed by atoms with E-state index in [-0.39, 0.29) is 5.82 Å². The van der Waals surface area contributed by atoms with Crippen molar-refractivity contribution in [3.8, 4) is 0 Å². The molecule has 1 aliphatic rings. The largest absolute Gasteiger partial charge is 0.321 e. The number of benzene rings is 1. The van der Waals surface area contributed by atoms with Gasteiger partial charge in [-0.1, -0.05) is 18.9 Å². The number of rotatable bonds is 1. The second-order valence-corrected chi connectivity index (χ2v) is 4.78. The summed E-state index contributed by atoms with van der Waals surface area (Å²) >= 11 is 0. The molecule has 1 aromatic carbocycles. The van der Waals surface area contributed by atoms with Crippen molar-refractivity contribution in [1.29, 1.82) is 0 Å². The molecule has 1 aromatic rings. The van der Waals surface area contributed by atoms with E-state index in [9.17, 15) is 4.39 Å². The molecule has 0 heterocycles. The Balaban J connectivity index is 2.48. The van der Waals surface area contributed by atoms with Crippen LogP contribution in [0.5, 0.6) is 0 Å². The van der Waals surface area contributed by atoms with Gasteiger partial charge in [0.25, 0.3) is 0 Å². The maximum absolute atomic E-state index is 13.8. The lowest BCUT2D eigenvalue weighted by Gasteiger charge is -2.25. The molecule has 0 spiro atoms. The van der Waals surface area contributed by atoms with Gasteiger partial charge < -0.3 is 5.73 Å². The lowest BCUT2D eigenvalue weighted by molar-refractivity contribution is 0.432. The van der Waals surface area contributed by atoms with Crippen LogP contribution >= 0.6 is 0 Å². The van der Waals surface area contributed by atoms with Crippen LogP contribution in [0.25, 0.3) is 0 Å². The minimum atomic E-state index is -0.414. The van der Waals surface area contributed by atoms with Gasteiger partial charge in [0.05, 0.1) is 0 Å². The van der Waals surface area contributed by atoms with Crippen molar-refractivity contribution in [2.24, 2.45) is 5.73 Å². The summed E-state index contributed by atoms with van der Waals surface area (Å²) in [6.07, 6.45) is 4.05. The fourth-order valence-corrected chi connectivity index (χ4v) is 2.44. The predicted octanol–water partition coefficient (Wildman–Crippen LogP) is 3.17. The van der Waals surface area contributed by atoms with Gasteiger partial charge in [0, 0.05) is 11.1 Å². The lowest BCUT2D eigenvalue weighted by Crippen LogP contribution is -2.34. The average Bonchev–Trinajstić information content (AvgIpc) is 2.60. The first-order chi connectivity index (χ1) is 7.03. The van der Waals surface area contributed by atoms with E-state index in [4.69, 9.17) is 5.73 Å². The number of hydrogen-bond acceptors (Lipinski definition) is 1. The molecule has 0 aromatic heterocycles. The normalized spacial score (nSPS) is 19.5. The lowest BCUT2D eigenvalue weighted by atomic mass is 9.87. The van der Waals surface area contributed by atoms with E-state index in [1.807, 2.05) is 19.9 Å². The van der Waals surface area contributed by atoms with Gasteiger partial charge >= 0.3 is 0 Å². The van der Waals surface area contributed by atoms with Crippen molar-refractivity contribution in [1.82, 2.24) is 0 Å². The van der Waals surface area contributed by atoms with Gasteiger partial charge in [-0.3, -0.25) is 0 Å². The minimum absolute atomic E-state index is 0.137. The van der Waals surface area contributed by atoms with Crippen LogP contribution in [0.2, 0.25) is 0 Å². The molecule has 0 bridgehead atoms. The number of halogens is 1. The quantitative estimate of drug-likeness (QED) is 0.752. The molecule has 15 heavy (non-hydrogen) atoms. The minimum Gasteiger partial charge on any atom is -0.321 e. The Morgan fingerprint density at radius 1 is 1.13 bits per heavy atom. The molecule has 0 unspecified atom stereocenters. The molecule has 0 atom stereocenters. The molecule has 1 aliphatic carbocycles. The summed E-state index contributed by atoms with van der Waals surface area (Å²) in [6.45, 7) is 3.94. The highest BCUT2D eigenvalue weighted by atomic mass is 19.1. The van der Waals surface area contributed by atoms with Crippen LogP contribution in [0.4, 0.5) is 4.39 Å². The molecule has 0 amide bonds. The van der Waals surface area contributed by atoms with Crippen molar-refractivity contribution in [3.05, 3.63) is 34.6 Å². The predicted molar refractivity (Wildman–Crippen MR) is 60.2 cm³/mol. The van der Waals surface area contributed by atoms with Gasteiger partial charge in [-0.15, -0.1) is 0 Å². The maximum atomic E-state index is 13.8. The first kappa shape index (κ1) is 10.6. The molecule has 1 nitrogen and oxygen atoms in total. The highest BCUT2D eigenvalue weighted by Gasteiger charge is 2.33.